The van der Waals surface area contributed by atoms with E-state index in [4.69, 9.17) is 4.74 Å². The number of anilines is 1. The van der Waals surface area contributed by atoms with E-state index in [0.29, 0.717) is 31.9 Å². The highest BCUT2D eigenvalue weighted by Crippen LogP contribution is 2.35. The lowest BCUT2D eigenvalue weighted by Gasteiger charge is -2.43. The van der Waals surface area contributed by atoms with Crippen LogP contribution in [0.2, 0.25) is 0 Å². The molecule has 8 nitrogen and oxygen atoms in total. The number of carbonyl (C=O) groups is 2. The minimum absolute atomic E-state index is 0.0194. The van der Waals surface area contributed by atoms with Gasteiger partial charge in [0.1, 0.15) is 11.8 Å². The topological polar surface area (TPSA) is 92.7 Å². The van der Waals surface area contributed by atoms with E-state index < -0.39 is 6.04 Å². The molecule has 0 aliphatic carbocycles. The second-order valence-electron chi connectivity index (χ2n) is 9.22. The van der Waals surface area contributed by atoms with Crippen molar-refractivity contribution in [1.29, 1.82) is 0 Å². The lowest BCUT2D eigenvalue weighted by atomic mass is 9.83. The molecule has 2 bridgehead atoms. The number of amides is 3. The number of nitrogens with one attached hydrogen (secondary N) is 2. The molecule has 0 unspecified atom stereocenters. The molecule has 1 saturated heterocycles. The summed E-state index contributed by atoms with van der Waals surface area (Å²) in [7, 11) is 0. The van der Waals surface area contributed by atoms with Gasteiger partial charge in [-0.15, -0.1) is 0 Å². The smallest absolute Gasteiger partial charge is 0.318 e. The molecular weight excluding hydrogens is 420 g/mol. The normalized spacial score (nSPS) is 20.1. The number of nitrogens with zero attached hydrogens (tertiary/aromatic N) is 2. The van der Waals surface area contributed by atoms with Crippen LogP contribution in [0.1, 0.15) is 38.8 Å². The summed E-state index contributed by atoms with van der Waals surface area (Å²) in [4.78, 5) is 40.1. The van der Waals surface area contributed by atoms with Gasteiger partial charge in [-0.25, -0.2) is 4.79 Å². The monoisotopic (exact) mass is 452 g/mol. The number of urea groups is 1. The summed E-state index contributed by atoms with van der Waals surface area (Å²) in [6.07, 6.45) is 0.971. The summed E-state index contributed by atoms with van der Waals surface area (Å²) >= 11 is 0. The molecule has 176 valence electrons. The van der Waals surface area contributed by atoms with Crippen molar-refractivity contribution in [3.05, 3.63) is 58.5 Å². The number of hydrogen-bond donors (Lipinski definition) is 2. The molecule has 1 aromatic heterocycles. The van der Waals surface area contributed by atoms with Gasteiger partial charge in [0.15, 0.2) is 0 Å². The van der Waals surface area contributed by atoms with Gasteiger partial charge >= 0.3 is 6.03 Å². The van der Waals surface area contributed by atoms with Crippen molar-refractivity contribution in [2.24, 2.45) is 11.8 Å². The second kappa shape index (κ2) is 9.68. The zero-order valence-electron chi connectivity index (χ0n) is 19.4. The molecular formula is C25H32N4O4. The van der Waals surface area contributed by atoms with E-state index in [1.165, 1.54) is 0 Å². The highest BCUT2D eigenvalue weighted by Gasteiger charge is 2.37. The van der Waals surface area contributed by atoms with Gasteiger partial charge < -0.3 is 24.8 Å². The maximum Gasteiger partial charge on any atom is 0.318 e. The van der Waals surface area contributed by atoms with Crippen LogP contribution in [0.3, 0.4) is 0 Å². The fourth-order valence-corrected chi connectivity index (χ4v) is 4.84. The highest BCUT2D eigenvalue weighted by atomic mass is 16.5. The van der Waals surface area contributed by atoms with E-state index in [2.05, 4.69) is 10.6 Å². The number of benzene rings is 1. The van der Waals surface area contributed by atoms with Crippen molar-refractivity contribution in [1.82, 2.24) is 14.8 Å². The molecule has 0 saturated carbocycles. The maximum atomic E-state index is 13.1. The molecule has 33 heavy (non-hydrogen) atoms. The Morgan fingerprint density at radius 2 is 1.85 bits per heavy atom. The molecule has 2 aliphatic heterocycles. The molecule has 3 atom stereocenters. The van der Waals surface area contributed by atoms with Gasteiger partial charge in [0.05, 0.1) is 6.61 Å². The average Bonchev–Trinajstić information content (AvgIpc) is 2.79. The van der Waals surface area contributed by atoms with Crippen molar-refractivity contribution in [2.45, 2.75) is 45.7 Å². The number of pyridine rings is 1. The number of carbonyl (C=O) groups excluding carboxylic acids is 2. The fraction of sp³-hybridized carbons (Fsp3) is 0.480. The minimum atomic E-state index is -0.666. The number of fused-ring (bicyclic) bond motifs is 4. The van der Waals surface area contributed by atoms with Gasteiger partial charge in [-0.2, -0.15) is 0 Å². The third kappa shape index (κ3) is 5.05. The molecule has 8 heteroatoms. The fourth-order valence-electron chi connectivity index (χ4n) is 4.84. The molecule has 2 aliphatic rings. The zero-order valence-corrected chi connectivity index (χ0v) is 19.4. The Bertz CT molecular complexity index is 1060. The van der Waals surface area contributed by atoms with Crippen LogP contribution in [0, 0.1) is 11.8 Å². The number of piperidine rings is 1. The first-order valence-corrected chi connectivity index (χ1v) is 11.6. The summed E-state index contributed by atoms with van der Waals surface area (Å²) in [6.45, 7) is 8.06. The van der Waals surface area contributed by atoms with Crippen LogP contribution in [0.5, 0.6) is 5.75 Å². The van der Waals surface area contributed by atoms with Gasteiger partial charge in [-0.05, 0) is 55.5 Å². The number of hydrogen-bond acceptors (Lipinski definition) is 4. The summed E-state index contributed by atoms with van der Waals surface area (Å²) in [5.74, 6) is 0.769. The summed E-state index contributed by atoms with van der Waals surface area (Å²) in [5, 5.41) is 5.84. The molecule has 0 spiro atoms. The van der Waals surface area contributed by atoms with E-state index in [0.717, 1.165) is 17.9 Å². The first-order valence-electron chi connectivity index (χ1n) is 11.6. The Morgan fingerprint density at radius 3 is 2.55 bits per heavy atom. The first kappa shape index (κ1) is 22.9. The van der Waals surface area contributed by atoms with Crippen LogP contribution in [0.4, 0.5) is 10.5 Å². The van der Waals surface area contributed by atoms with Crippen LogP contribution in [-0.2, 0) is 11.3 Å². The lowest BCUT2D eigenvalue weighted by Crippen LogP contribution is -2.56. The molecule has 1 aromatic carbocycles. The third-order valence-corrected chi connectivity index (χ3v) is 6.43. The van der Waals surface area contributed by atoms with Gasteiger partial charge in [-0.1, -0.05) is 19.9 Å². The molecule has 1 fully saturated rings. The number of ether oxygens (including phenoxy) is 1. The molecule has 2 N–H and O–H groups in total. The van der Waals surface area contributed by atoms with Crippen molar-refractivity contribution in [3.8, 4) is 5.75 Å². The molecule has 4 rings (SSSR count). The van der Waals surface area contributed by atoms with E-state index in [1.54, 1.807) is 41.3 Å². The summed E-state index contributed by atoms with van der Waals surface area (Å²) < 4.78 is 7.28. The predicted molar refractivity (Wildman–Crippen MR) is 127 cm³/mol. The van der Waals surface area contributed by atoms with Gasteiger partial charge in [0.25, 0.3) is 5.56 Å². The molecule has 2 aromatic rings. The van der Waals surface area contributed by atoms with E-state index in [9.17, 15) is 14.4 Å². The Morgan fingerprint density at radius 1 is 1.09 bits per heavy atom. The van der Waals surface area contributed by atoms with E-state index in [-0.39, 0.29) is 35.3 Å². The first-order chi connectivity index (χ1) is 15.9. The maximum absolute atomic E-state index is 13.1. The quantitative estimate of drug-likeness (QED) is 0.705. The van der Waals surface area contributed by atoms with Crippen LogP contribution < -0.4 is 20.9 Å². The second-order valence-corrected chi connectivity index (χ2v) is 9.22. The van der Waals surface area contributed by atoms with Crippen molar-refractivity contribution < 1.29 is 14.3 Å². The Hall–Kier alpha value is -3.29. The predicted octanol–water partition coefficient (Wildman–Crippen LogP) is 3.04. The van der Waals surface area contributed by atoms with Gasteiger partial charge in [0, 0.05) is 43.0 Å². The number of rotatable bonds is 6. The SMILES string of the molecule is CCOc1ccc(NC(=O)[C@@H](NC(=O)N2C[C@@H]3C[C@H](C2)c2cccc(=O)n2C3)C(C)C)cc1. The Balaban J connectivity index is 1.41. The standard InChI is InChI=1S/C25H32N4O4/c1-4-33-20-10-8-19(9-11-20)26-24(31)23(16(2)3)27-25(32)28-13-17-12-18(15-28)21-6-5-7-22(30)29(21)14-17/h5-11,16-18,23H,4,12-15H2,1-3H3,(H,26,31)(H,27,32)/t17-,18+,23-/m0/s1. The zero-order chi connectivity index (χ0) is 23.5. The van der Waals surface area contributed by atoms with Crippen LogP contribution >= 0.6 is 0 Å². The van der Waals surface area contributed by atoms with Crippen LogP contribution in [-0.4, -0.2) is 47.1 Å². The molecule has 3 heterocycles. The van der Waals surface area contributed by atoms with Crippen molar-refractivity contribution in [3.63, 3.8) is 0 Å². The molecule has 0 radical (unpaired) electrons. The summed E-state index contributed by atoms with van der Waals surface area (Å²) in [5.41, 5.74) is 1.66. The lowest BCUT2D eigenvalue weighted by molar-refractivity contribution is -0.118. The average molecular weight is 453 g/mol. The highest BCUT2D eigenvalue weighted by molar-refractivity contribution is 5.97. The third-order valence-electron chi connectivity index (χ3n) is 6.43. The van der Waals surface area contributed by atoms with Crippen LogP contribution in [0.15, 0.2) is 47.3 Å². The largest absolute Gasteiger partial charge is 0.494 e. The molecule has 3 amide bonds. The van der Waals surface area contributed by atoms with E-state index in [1.807, 2.05) is 31.4 Å². The van der Waals surface area contributed by atoms with Crippen molar-refractivity contribution in [2.75, 3.05) is 25.0 Å². The van der Waals surface area contributed by atoms with Gasteiger partial charge in [-0.3, -0.25) is 9.59 Å². The van der Waals surface area contributed by atoms with Crippen molar-refractivity contribution >= 4 is 17.6 Å². The van der Waals surface area contributed by atoms with Crippen LogP contribution in [0.25, 0.3) is 0 Å². The number of likely N-dealkylation sites (tertiary alicyclic amines) is 1. The summed E-state index contributed by atoms with van der Waals surface area (Å²) in [6, 6.07) is 11.6. The van der Waals surface area contributed by atoms with E-state index >= 15 is 0 Å². The number of aromatic nitrogens is 1. The Kier molecular flexibility index (Phi) is 6.72. The van der Waals surface area contributed by atoms with Gasteiger partial charge in [0.2, 0.25) is 5.91 Å². The minimum Gasteiger partial charge on any atom is -0.494 e. The Labute approximate surface area is 193 Å².